The van der Waals surface area contributed by atoms with Crippen LogP contribution in [0.5, 0.6) is 0 Å². The van der Waals surface area contributed by atoms with Crippen LogP contribution in [0, 0.1) is 5.92 Å². The van der Waals surface area contributed by atoms with Crippen molar-refractivity contribution in [2.75, 3.05) is 6.61 Å². The molecule has 17 heavy (non-hydrogen) atoms. The van der Waals surface area contributed by atoms with Gasteiger partial charge in [0.2, 0.25) is 0 Å². The largest absolute Gasteiger partial charge is 0.376 e. The first-order valence-corrected chi connectivity index (χ1v) is 7.62. The maximum Gasteiger partial charge on any atom is 0.0649 e. The van der Waals surface area contributed by atoms with Crippen LogP contribution in [0.25, 0.3) is 0 Å². The van der Waals surface area contributed by atoms with Crippen LogP contribution in [0.4, 0.5) is 0 Å². The van der Waals surface area contributed by atoms with Gasteiger partial charge in [0.05, 0.1) is 12.7 Å². The van der Waals surface area contributed by atoms with Crippen LogP contribution < -0.4 is 5.73 Å². The zero-order valence-corrected chi connectivity index (χ0v) is 11.4. The summed E-state index contributed by atoms with van der Waals surface area (Å²) in [5.74, 6) is 0.955. The summed E-state index contributed by atoms with van der Waals surface area (Å²) < 4.78 is 6.09. The van der Waals surface area contributed by atoms with E-state index in [2.05, 4.69) is 6.92 Å². The van der Waals surface area contributed by atoms with Gasteiger partial charge < -0.3 is 10.5 Å². The number of hydrogen-bond acceptors (Lipinski definition) is 2. The van der Waals surface area contributed by atoms with E-state index < -0.39 is 0 Å². The smallest absolute Gasteiger partial charge is 0.0649 e. The van der Waals surface area contributed by atoms with Crippen molar-refractivity contribution in [1.29, 1.82) is 0 Å². The van der Waals surface area contributed by atoms with Gasteiger partial charge in [-0.2, -0.15) is 0 Å². The third-order valence-electron chi connectivity index (χ3n) is 4.83. The molecule has 0 aliphatic heterocycles. The highest BCUT2D eigenvalue weighted by atomic mass is 16.5. The molecule has 0 bridgehead atoms. The van der Waals surface area contributed by atoms with Gasteiger partial charge in [-0.05, 0) is 44.4 Å². The van der Waals surface area contributed by atoms with E-state index in [1.165, 1.54) is 51.4 Å². The van der Waals surface area contributed by atoms with Crippen LogP contribution in [0.1, 0.15) is 71.1 Å². The molecule has 2 N–H and O–H groups in total. The Morgan fingerprint density at radius 1 is 1.06 bits per heavy atom. The van der Waals surface area contributed by atoms with Gasteiger partial charge in [0, 0.05) is 5.54 Å². The Kier molecular flexibility index (Phi) is 4.87. The number of rotatable bonds is 4. The van der Waals surface area contributed by atoms with E-state index in [1.807, 2.05) is 0 Å². The fourth-order valence-corrected chi connectivity index (χ4v) is 3.39. The summed E-state index contributed by atoms with van der Waals surface area (Å²) in [5.41, 5.74) is 6.40. The average molecular weight is 239 g/mol. The van der Waals surface area contributed by atoms with Crippen molar-refractivity contribution >= 4 is 0 Å². The molecule has 0 aromatic rings. The number of hydrogen-bond donors (Lipinski definition) is 1. The minimum absolute atomic E-state index is 0.000144. The molecule has 2 rings (SSSR count). The molecule has 0 aromatic carbocycles. The van der Waals surface area contributed by atoms with Gasteiger partial charge in [0.25, 0.3) is 0 Å². The summed E-state index contributed by atoms with van der Waals surface area (Å²) >= 11 is 0. The first-order valence-electron chi connectivity index (χ1n) is 7.62. The Balaban J connectivity index is 1.68. The summed E-state index contributed by atoms with van der Waals surface area (Å²) in [6.45, 7) is 3.11. The molecule has 0 amide bonds. The molecule has 0 heterocycles. The Morgan fingerprint density at radius 3 is 2.29 bits per heavy atom. The lowest BCUT2D eigenvalue weighted by Gasteiger charge is -2.36. The minimum atomic E-state index is -0.000144. The summed E-state index contributed by atoms with van der Waals surface area (Å²) in [7, 11) is 0. The van der Waals surface area contributed by atoms with E-state index in [4.69, 9.17) is 10.5 Å². The van der Waals surface area contributed by atoms with Crippen molar-refractivity contribution in [3.63, 3.8) is 0 Å². The molecule has 0 spiro atoms. The van der Waals surface area contributed by atoms with Crippen LogP contribution in [0.2, 0.25) is 0 Å². The van der Waals surface area contributed by atoms with Crippen molar-refractivity contribution in [2.45, 2.75) is 82.8 Å². The summed E-state index contributed by atoms with van der Waals surface area (Å²) in [4.78, 5) is 0. The van der Waals surface area contributed by atoms with Crippen molar-refractivity contribution in [3.05, 3.63) is 0 Å². The first kappa shape index (κ1) is 13.4. The summed E-state index contributed by atoms with van der Waals surface area (Å²) in [5, 5.41) is 0. The third-order valence-corrected chi connectivity index (χ3v) is 4.83. The lowest BCUT2D eigenvalue weighted by Crippen LogP contribution is -2.47. The zero-order chi connectivity index (χ0) is 12.1. The van der Waals surface area contributed by atoms with E-state index in [0.29, 0.717) is 6.10 Å². The molecular formula is C15H29NO. The molecule has 0 aromatic heterocycles. The molecule has 2 saturated carbocycles. The van der Waals surface area contributed by atoms with Gasteiger partial charge >= 0.3 is 0 Å². The Bertz CT molecular complexity index is 215. The van der Waals surface area contributed by atoms with Gasteiger partial charge in [0.15, 0.2) is 0 Å². The highest BCUT2D eigenvalue weighted by Crippen LogP contribution is 2.31. The van der Waals surface area contributed by atoms with E-state index >= 15 is 0 Å². The van der Waals surface area contributed by atoms with Gasteiger partial charge in [0.1, 0.15) is 0 Å². The lowest BCUT2D eigenvalue weighted by molar-refractivity contribution is -0.0157. The molecule has 2 nitrogen and oxygen atoms in total. The number of ether oxygens (including phenoxy) is 1. The topological polar surface area (TPSA) is 35.2 Å². The molecule has 100 valence electrons. The second kappa shape index (κ2) is 6.19. The van der Waals surface area contributed by atoms with Gasteiger partial charge in [-0.15, -0.1) is 0 Å². The summed E-state index contributed by atoms with van der Waals surface area (Å²) in [6.07, 6.45) is 13.4. The Morgan fingerprint density at radius 2 is 1.71 bits per heavy atom. The monoisotopic (exact) mass is 239 g/mol. The highest BCUT2D eigenvalue weighted by Gasteiger charge is 2.29. The fraction of sp³-hybridized carbons (Fsp3) is 1.00. The van der Waals surface area contributed by atoms with Gasteiger partial charge in [-0.25, -0.2) is 0 Å². The zero-order valence-electron chi connectivity index (χ0n) is 11.4. The Labute approximate surface area is 106 Å². The van der Waals surface area contributed by atoms with Crippen molar-refractivity contribution < 1.29 is 4.74 Å². The average Bonchev–Trinajstić information content (AvgIpc) is 2.38. The Hall–Kier alpha value is -0.0800. The van der Waals surface area contributed by atoms with Gasteiger partial charge in [-0.1, -0.05) is 32.6 Å². The molecule has 0 atom stereocenters. The maximum absolute atomic E-state index is 6.40. The number of nitrogens with two attached hydrogens (primary N) is 1. The van der Waals surface area contributed by atoms with E-state index in [-0.39, 0.29) is 5.54 Å². The normalized spacial score (nSPS) is 33.5. The lowest BCUT2D eigenvalue weighted by atomic mass is 9.83. The molecule has 2 aliphatic carbocycles. The molecule has 0 radical (unpaired) electrons. The van der Waals surface area contributed by atoms with Gasteiger partial charge in [-0.3, -0.25) is 0 Å². The minimum Gasteiger partial charge on any atom is -0.376 e. The quantitative estimate of drug-likeness (QED) is 0.813. The third kappa shape index (κ3) is 3.96. The summed E-state index contributed by atoms with van der Waals surface area (Å²) in [6, 6.07) is 0. The van der Waals surface area contributed by atoms with Crippen LogP contribution in [-0.2, 0) is 4.74 Å². The second-order valence-corrected chi connectivity index (χ2v) is 6.29. The van der Waals surface area contributed by atoms with Crippen molar-refractivity contribution in [1.82, 2.24) is 0 Å². The van der Waals surface area contributed by atoms with Crippen LogP contribution >= 0.6 is 0 Å². The highest BCUT2D eigenvalue weighted by molar-refractivity contribution is 4.87. The molecule has 2 fully saturated rings. The maximum atomic E-state index is 6.40. The predicted molar refractivity (Wildman–Crippen MR) is 72.0 cm³/mol. The van der Waals surface area contributed by atoms with Crippen LogP contribution in [0.15, 0.2) is 0 Å². The molecule has 2 aliphatic rings. The van der Waals surface area contributed by atoms with E-state index in [9.17, 15) is 0 Å². The van der Waals surface area contributed by atoms with Crippen molar-refractivity contribution in [2.24, 2.45) is 11.7 Å². The van der Waals surface area contributed by atoms with Crippen molar-refractivity contribution in [3.8, 4) is 0 Å². The SMILES string of the molecule is CCC1CCC(OCC2(N)CCCCC2)CC1. The van der Waals surface area contributed by atoms with Crippen LogP contribution in [-0.4, -0.2) is 18.2 Å². The molecule has 0 saturated heterocycles. The van der Waals surface area contributed by atoms with E-state index in [0.717, 1.165) is 25.4 Å². The molecule has 2 heteroatoms. The van der Waals surface area contributed by atoms with Crippen LogP contribution in [0.3, 0.4) is 0 Å². The molecule has 0 unspecified atom stereocenters. The fourth-order valence-electron chi connectivity index (χ4n) is 3.39. The van der Waals surface area contributed by atoms with E-state index in [1.54, 1.807) is 0 Å². The first-order chi connectivity index (χ1) is 8.22. The second-order valence-electron chi connectivity index (χ2n) is 6.29. The molecular weight excluding hydrogens is 210 g/mol. The standard InChI is InChI=1S/C15H29NO/c1-2-13-6-8-14(9-7-13)17-12-15(16)10-4-3-5-11-15/h13-14H,2-12,16H2,1H3. The predicted octanol–water partition coefficient (Wildman–Crippen LogP) is 3.63.